The van der Waals surface area contributed by atoms with Crippen LogP contribution in [-0.2, 0) is 14.4 Å². The van der Waals surface area contributed by atoms with E-state index in [1.807, 2.05) is 56.3 Å². The monoisotopic (exact) mass is 416 g/mol. The number of halogens is 1. The van der Waals surface area contributed by atoms with E-state index >= 15 is 0 Å². The molecule has 3 aromatic carbocycles. The molecular formula is C25H21FN2O3. The lowest BCUT2D eigenvalue weighted by Gasteiger charge is -2.29. The van der Waals surface area contributed by atoms with E-state index in [4.69, 9.17) is 4.84 Å². The summed E-state index contributed by atoms with van der Waals surface area (Å²) < 4.78 is 13.6. The predicted octanol–water partition coefficient (Wildman–Crippen LogP) is 4.49. The molecule has 31 heavy (non-hydrogen) atoms. The number of hydrogen-bond donors (Lipinski definition) is 0. The fraction of sp³-hybridized carbons (Fsp3) is 0.200. The summed E-state index contributed by atoms with van der Waals surface area (Å²) in [5.74, 6) is -1.79. The molecule has 0 aliphatic carbocycles. The Kier molecular flexibility index (Phi) is 4.59. The van der Waals surface area contributed by atoms with Crippen LogP contribution >= 0.6 is 0 Å². The van der Waals surface area contributed by atoms with Gasteiger partial charge in [0.15, 0.2) is 6.10 Å². The molecule has 0 N–H and O–H groups in total. The van der Waals surface area contributed by atoms with Crippen LogP contribution in [0.25, 0.3) is 0 Å². The van der Waals surface area contributed by atoms with Gasteiger partial charge in [0, 0.05) is 0 Å². The van der Waals surface area contributed by atoms with Crippen molar-refractivity contribution < 1.29 is 18.8 Å². The van der Waals surface area contributed by atoms with Crippen LogP contribution in [0, 0.1) is 25.6 Å². The maximum absolute atomic E-state index is 13.6. The topological polar surface area (TPSA) is 49.9 Å². The van der Waals surface area contributed by atoms with E-state index in [1.165, 1.54) is 17.0 Å². The highest BCUT2D eigenvalue weighted by atomic mass is 19.1. The molecule has 3 unspecified atom stereocenters. The molecule has 0 aromatic heterocycles. The van der Waals surface area contributed by atoms with Crippen LogP contribution in [0.2, 0.25) is 0 Å². The summed E-state index contributed by atoms with van der Waals surface area (Å²) in [4.78, 5) is 34.3. The van der Waals surface area contributed by atoms with Crippen molar-refractivity contribution in [1.82, 2.24) is 0 Å². The number of nitrogens with zero attached hydrogens (tertiary/aromatic N) is 2. The third kappa shape index (κ3) is 3.11. The molecule has 0 bridgehead atoms. The maximum Gasteiger partial charge on any atom is 0.266 e. The van der Waals surface area contributed by atoms with Crippen molar-refractivity contribution in [2.45, 2.75) is 26.0 Å². The first-order chi connectivity index (χ1) is 15.0. The molecule has 5 rings (SSSR count). The van der Waals surface area contributed by atoms with Crippen molar-refractivity contribution in [2.75, 3.05) is 9.96 Å². The third-order valence-electron chi connectivity index (χ3n) is 5.93. The molecule has 2 aliphatic heterocycles. The minimum absolute atomic E-state index is 0.310. The Morgan fingerprint density at radius 3 is 2.26 bits per heavy atom. The molecule has 0 radical (unpaired) electrons. The van der Waals surface area contributed by atoms with Gasteiger partial charge in [0.05, 0.1) is 17.4 Å². The molecule has 2 amide bonds. The fourth-order valence-corrected chi connectivity index (χ4v) is 4.51. The van der Waals surface area contributed by atoms with Crippen LogP contribution in [-0.4, -0.2) is 17.9 Å². The number of hydroxylamine groups is 1. The number of hydrogen-bond acceptors (Lipinski definition) is 4. The van der Waals surface area contributed by atoms with Crippen molar-refractivity contribution in [3.8, 4) is 0 Å². The maximum atomic E-state index is 13.6. The van der Waals surface area contributed by atoms with E-state index in [9.17, 15) is 14.0 Å². The van der Waals surface area contributed by atoms with Gasteiger partial charge < -0.3 is 0 Å². The first-order valence-corrected chi connectivity index (χ1v) is 10.2. The molecule has 5 nitrogen and oxygen atoms in total. The van der Waals surface area contributed by atoms with E-state index in [1.54, 1.807) is 23.3 Å². The average Bonchev–Trinajstić information content (AvgIpc) is 3.26. The quantitative estimate of drug-likeness (QED) is 0.590. The van der Waals surface area contributed by atoms with Gasteiger partial charge in [-0.15, -0.1) is 0 Å². The highest BCUT2D eigenvalue weighted by molar-refractivity contribution is 6.24. The number of benzene rings is 3. The lowest BCUT2D eigenvalue weighted by Crippen LogP contribution is -2.37. The minimum Gasteiger partial charge on any atom is -0.273 e. The van der Waals surface area contributed by atoms with Gasteiger partial charge in [-0.05, 0) is 55.3 Å². The number of fused-ring (bicyclic) bond motifs is 1. The molecule has 0 saturated carbocycles. The van der Waals surface area contributed by atoms with Gasteiger partial charge in [0.2, 0.25) is 5.91 Å². The van der Waals surface area contributed by atoms with Crippen LogP contribution < -0.4 is 9.96 Å². The summed E-state index contributed by atoms with van der Waals surface area (Å²) >= 11 is 0. The number of amides is 2. The molecule has 2 aliphatic rings. The van der Waals surface area contributed by atoms with E-state index in [2.05, 4.69) is 0 Å². The summed E-state index contributed by atoms with van der Waals surface area (Å²) in [7, 11) is 0. The lowest BCUT2D eigenvalue weighted by molar-refractivity contribution is -0.126. The predicted molar refractivity (Wildman–Crippen MR) is 115 cm³/mol. The zero-order valence-corrected chi connectivity index (χ0v) is 17.2. The summed E-state index contributed by atoms with van der Waals surface area (Å²) in [6, 6.07) is 20.4. The average molecular weight is 416 g/mol. The van der Waals surface area contributed by atoms with Gasteiger partial charge in [-0.3, -0.25) is 14.4 Å². The smallest absolute Gasteiger partial charge is 0.266 e. The number of aryl methyl sites for hydroxylation is 2. The van der Waals surface area contributed by atoms with Crippen molar-refractivity contribution in [2.24, 2.45) is 5.92 Å². The number of rotatable bonds is 3. The third-order valence-corrected chi connectivity index (χ3v) is 5.93. The summed E-state index contributed by atoms with van der Waals surface area (Å²) in [5, 5.41) is 1.61. The summed E-state index contributed by atoms with van der Waals surface area (Å²) in [6.45, 7) is 3.84. The highest BCUT2D eigenvalue weighted by Crippen LogP contribution is 2.47. The molecule has 6 heteroatoms. The zero-order valence-electron chi connectivity index (χ0n) is 17.2. The number of para-hydroxylation sites is 1. The molecule has 3 atom stereocenters. The van der Waals surface area contributed by atoms with Crippen molar-refractivity contribution in [1.29, 1.82) is 0 Å². The van der Waals surface area contributed by atoms with Gasteiger partial charge in [0.25, 0.3) is 5.91 Å². The van der Waals surface area contributed by atoms with Gasteiger partial charge in [0.1, 0.15) is 11.7 Å². The Hall–Kier alpha value is -3.51. The van der Waals surface area contributed by atoms with E-state index in [0.29, 0.717) is 11.3 Å². The van der Waals surface area contributed by atoms with Crippen molar-refractivity contribution in [3.63, 3.8) is 0 Å². The molecule has 156 valence electrons. The van der Waals surface area contributed by atoms with Crippen LogP contribution in [0.15, 0.2) is 72.8 Å². The largest absolute Gasteiger partial charge is 0.273 e. The standard InChI is InChI=1S/C25H21FN2O3/c1-15-8-13-20(16(2)14-15)27-24(29)21-22(17-9-11-18(26)12-10-17)28(31-23(21)25(27)30)19-6-4-3-5-7-19/h3-14,21-23H,1-2H3. The highest BCUT2D eigenvalue weighted by Gasteiger charge is 2.60. The number of imide groups is 1. The number of carbonyl (C=O) groups is 2. The Bertz CT molecular complexity index is 1160. The van der Waals surface area contributed by atoms with Gasteiger partial charge in [-0.25, -0.2) is 14.4 Å². The van der Waals surface area contributed by atoms with E-state index in [-0.39, 0.29) is 17.6 Å². The molecule has 2 heterocycles. The van der Waals surface area contributed by atoms with Crippen molar-refractivity contribution >= 4 is 23.2 Å². The van der Waals surface area contributed by atoms with E-state index in [0.717, 1.165) is 16.8 Å². The number of carbonyl (C=O) groups excluding carboxylic acids is 2. The first-order valence-electron chi connectivity index (χ1n) is 10.2. The van der Waals surface area contributed by atoms with Gasteiger partial charge in [-0.2, -0.15) is 0 Å². The summed E-state index contributed by atoms with van der Waals surface area (Å²) in [5.41, 5.74) is 3.91. The zero-order chi connectivity index (χ0) is 21.7. The molecular weight excluding hydrogens is 395 g/mol. The number of anilines is 2. The second-order valence-electron chi connectivity index (χ2n) is 8.01. The first kappa shape index (κ1) is 19.5. The minimum atomic E-state index is -0.941. The van der Waals surface area contributed by atoms with Crippen LogP contribution in [0.3, 0.4) is 0 Å². The Balaban J connectivity index is 1.59. The lowest BCUT2D eigenvalue weighted by atomic mass is 9.90. The summed E-state index contributed by atoms with van der Waals surface area (Å²) in [6.07, 6.45) is -0.941. The van der Waals surface area contributed by atoms with Crippen LogP contribution in [0.1, 0.15) is 22.7 Å². The molecule has 2 fully saturated rings. The Morgan fingerprint density at radius 1 is 0.871 bits per heavy atom. The molecule has 2 saturated heterocycles. The van der Waals surface area contributed by atoms with Crippen molar-refractivity contribution in [3.05, 3.63) is 95.3 Å². The SMILES string of the molecule is Cc1ccc(N2C(=O)C3ON(c4ccccc4)C(c4ccc(F)cc4)C3C2=O)c(C)c1. The van der Waals surface area contributed by atoms with Gasteiger partial charge in [-0.1, -0.05) is 48.0 Å². The molecule has 3 aromatic rings. The fourth-order valence-electron chi connectivity index (χ4n) is 4.51. The second kappa shape index (κ2) is 7.32. The van der Waals surface area contributed by atoms with E-state index < -0.39 is 18.1 Å². The van der Waals surface area contributed by atoms with Crippen LogP contribution in [0.5, 0.6) is 0 Å². The normalized spacial score (nSPS) is 22.9. The Morgan fingerprint density at radius 2 is 1.58 bits per heavy atom. The second-order valence-corrected chi connectivity index (χ2v) is 8.01. The Labute approximate surface area is 179 Å². The van der Waals surface area contributed by atoms with Gasteiger partial charge >= 0.3 is 0 Å². The van der Waals surface area contributed by atoms with Crippen LogP contribution in [0.4, 0.5) is 15.8 Å². The molecule has 0 spiro atoms.